The van der Waals surface area contributed by atoms with Gasteiger partial charge in [0.15, 0.2) is 6.10 Å². The van der Waals surface area contributed by atoms with E-state index >= 15 is 0 Å². The molecule has 9 nitrogen and oxygen atoms in total. The molecule has 0 rings (SSSR count). The van der Waals surface area contributed by atoms with E-state index < -0.39 is 26.5 Å². The second kappa shape index (κ2) is 63.4. The average molecular weight is 1110 g/mol. The van der Waals surface area contributed by atoms with Gasteiger partial charge in [0.25, 0.3) is 0 Å². The molecule has 0 heterocycles. The third-order valence-electron chi connectivity index (χ3n) is 15.0. The summed E-state index contributed by atoms with van der Waals surface area (Å²) in [6, 6.07) is 0. The van der Waals surface area contributed by atoms with Crippen LogP contribution in [0.1, 0.15) is 348 Å². The normalized spacial score (nSPS) is 13.1. The zero-order chi connectivity index (χ0) is 55.9. The Hall–Kier alpha value is -1.77. The molecule has 0 aliphatic rings. The highest BCUT2D eigenvalue weighted by atomic mass is 31.2. The number of esters is 2. The van der Waals surface area contributed by atoms with E-state index in [0.29, 0.717) is 6.42 Å². The first kappa shape index (κ1) is 75.2. The Labute approximate surface area is 477 Å². The highest BCUT2D eigenvalue weighted by Gasteiger charge is 2.26. The Bertz CT molecular complexity index is 1350. The molecule has 3 N–H and O–H groups in total. The maximum atomic E-state index is 12.7. The van der Waals surface area contributed by atoms with Gasteiger partial charge in [-0.15, -0.1) is 0 Å². The Morgan fingerprint density at radius 3 is 1.00 bits per heavy atom. The first-order valence-electron chi connectivity index (χ1n) is 33.5. The van der Waals surface area contributed by atoms with E-state index in [1.807, 2.05) is 0 Å². The van der Waals surface area contributed by atoms with Crippen molar-refractivity contribution in [2.45, 2.75) is 354 Å². The number of carbonyl (C=O) groups is 2. The van der Waals surface area contributed by atoms with Crippen molar-refractivity contribution >= 4 is 19.8 Å². The molecule has 0 amide bonds. The maximum Gasteiger partial charge on any atom is 0.472 e. The smallest absolute Gasteiger partial charge is 0.462 e. The fourth-order valence-corrected chi connectivity index (χ4v) is 10.8. The van der Waals surface area contributed by atoms with E-state index in [-0.39, 0.29) is 38.6 Å². The SMILES string of the molecule is CCCCCCC/C=C\C/C=C\C/C=C\CCCCCCCCCCCCCCCCC(=O)OC(COC(=O)CCCCCCCCCCCCCCCCCCCCCCCCCCCCC)COP(=O)(O)OCCN. The number of phosphoric ester groups is 1. The van der Waals surface area contributed by atoms with Crippen LogP contribution in [0, 0.1) is 0 Å². The lowest BCUT2D eigenvalue weighted by molar-refractivity contribution is -0.161. The third kappa shape index (κ3) is 63.3. The molecule has 0 radical (unpaired) electrons. The van der Waals surface area contributed by atoms with Crippen LogP contribution in [0.5, 0.6) is 0 Å². The summed E-state index contributed by atoms with van der Waals surface area (Å²) >= 11 is 0. The van der Waals surface area contributed by atoms with Crippen LogP contribution in [-0.2, 0) is 32.7 Å². The Balaban J connectivity index is 3.86. The fraction of sp³-hybridized carbons (Fsp3) is 0.881. The van der Waals surface area contributed by atoms with Crippen molar-refractivity contribution in [3.05, 3.63) is 36.5 Å². The quantitative estimate of drug-likeness (QED) is 0.0264. The molecule has 0 fully saturated rings. The Morgan fingerprint density at radius 2 is 0.675 bits per heavy atom. The summed E-state index contributed by atoms with van der Waals surface area (Å²) in [7, 11) is -4.39. The molecule has 0 bridgehead atoms. The molecule has 0 aromatic rings. The number of hydrogen-bond donors (Lipinski definition) is 2. The molecule has 0 saturated carbocycles. The lowest BCUT2D eigenvalue weighted by Crippen LogP contribution is -2.29. The molecule has 0 spiro atoms. The molecular formula is C67H128NO8P. The van der Waals surface area contributed by atoms with Gasteiger partial charge in [-0.2, -0.15) is 0 Å². The lowest BCUT2D eigenvalue weighted by atomic mass is 10.0. The van der Waals surface area contributed by atoms with Gasteiger partial charge in [0, 0.05) is 19.4 Å². The molecule has 0 aliphatic heterocycles. The molecule has 0 aromatic carbocycles. The Morgan fingerprint density at radius 1 is 0.390 bits per heavy atom. The standard InChI is InChI=1S/C67H128NO8P/c1-3-5-7-9-11-13-15-17-19-21-23-25-27-29-31-32-34-36-38-40-42-44-46-48-50-52-54-56-58-60-67(70)76-65(64-75-77(71,72)74-62-61-68)63-73-66(69)59-57-55-53-51-49-47-45-43-41-39-37-35-33-30-28-26-24-22-20-18-16-14-12-10-8-6-4-2/h15,17,21,23,27,29,65H,3-14,16,18-20,22,24-26,28,30-64,68H2,1-2H3,(H,71,72)/b17-15-,23-21-,29-27-. The zero-order valence-electron chi connectivity index (χ0n) is 51.0. The van der Waals surface area contributed by atoms with Gasteiger partial charge in [0.05, 0.1) is 13.2 Å². The largest absolute Gasteiger partial charge is 0.472 e. The first-order valence-corrected chi connectivity index (χ1v) is 35.0. The van der Waals surface area contributed by atoms with Gasteiger partial charge in [-0.3, -0.25) is 18.6 Å². The summed E-state index contributed by atoms with van der Waals surface area (Å²) in [5.41, 5.74) is 5.40. The number of hydrogen-bond acceptors (Lipinski definition) is 8. The zero-order valence-corrected chi connectivity index (χ0v) is 51.9. The van der Waals surface area contributed by atoms with Crippen LogP contribution < -0.4 is 5.73 Å². The molecule has 0 saturated heterocycles. The summed E-state index contributed by atoms with van der Waals surface area (Å²) in [4.78, 5) is 35.3. The van der Waals surface area contributed by atoms with Gasteiger partial charge in [0.2, 0.25) is 0 Å². The molecule has 2 unspecified atom stereocenters. The van der Waals surface area contributed by atoms with E-state index in [1.165, 1.54) is 263 Å². The number of carbonyl (C=O) groups excluding carboxylic acids is 2. The van der Waals surface area contributed by atoms with E-state index in [9.17, 15) is 19.0 Å². The first-order chi connectivity index (χ1) is 37.8. The van der Waals surface area contributed by atoms with Crippen molar-refractivity contribution in [1.82, 2.24) is 0 Å². The molecule has 2 atom stereocenters. The number of nitrogens with two attached hydrogens (primary N) is 1. The monoisotopic (exact) mass is 1110 g/mol. The predicted molar refractivity (Wildman–Crippen MR) is 330 cm³/mol. The number of ether oxygens (including phenoxy) is 2. The summed E-state index contributed by atoms with van der Waals surface area (Å²) in [6.07, 6.45) is 78.0. The van der Waals surface area contributed by atoms with Crippen LogP contribution >= 0.6 is 7.82 Å². The van der Waals surface area contributed by atoms with Gasteiger partial charge in [-0.25, -0.2) is 4.57 Å². The van der Waals surface area contributed by atoms with Crippen molar-refractivity contribution < 1.29 is 37.6 Å². The molecular weight excluding hydrogens is 978 g/mol. The van der Waals surface area contributed by atoms with Crippen LogP contribution in [-0.4, -0.2) is 49.3 Å². The predicted octanol–water partition coefficient (Wildman–Crippen LogP) is 21.5. The van der Waals surface area contributed by atoms with Crippen LogP contribution in [0.4, 0.5) is 0 Å². The van der Waals surface area contributed by atoms with Gasteiger partial charge < -0.3 is 20.1 Å². The van der Waals surface area contributed by atoms with Crippen molar-refractivity contribution in [2.24, 2.45) is 5.73 Å². The van der Waals surface area contributed by atoms with E-state index in [1.54, 1.807) is 0 Å². The fourth-order valence-electron chi connectivity index (χ4n) is 10.1. The average Bonchev–Trinajstić information content (AvgIpc) is 3.42. The highest BCUT2D eigenvalue weighted by Crippen LogP contribution is 2.43. The highest BCUT2D eigenvalue weighted by molar-refractivity contribution is 7.47. The van der Waals surface area contributed by atoms with Crippen LogP contribution in [0.2, 0.25) is 0 Å². The van der Waals surface area contributed by atoms with Gasteiger partial charge in [-0.1, -0.05) is 320 Å². The Kier molecular flexibility index (Phi) is 62.0. The van der Waals surface area contributed by atoms with Crippen molar-refractivity contribution in [2.75, 3.05) is 26.4 Å². The minimum Gasteiger partial charge on any atom is -0.462 e. The molecule has 10 heteroatoms. The maximum absolute atomic E-state index is 12.7. The number of phosphoric acid groups is 1. The third-order valence-corrected chi connectivity index (χ3v) is 16.0. The van der Waals surface area contributed by atoms with E-state index in [2.05, 4.69) is 50.3 Å². The van der Waals surface area contributed by atoms with Crippen molar-refractivity contribution in [1.29, 1.82) is 0 Å². The molecule has 77 heavy (non-hydrogen) atoms. The van der Waals surface area contributed by atoms with Crippen LogP contribution in [0.3, 0.4) is 0 Å². The molecule has 0 aliphatic carbocycles. The lowest BCUT2D eigenvalue weighted by Gasteiger charge is -2.19. The summed E-state index contributed by atoms with van der Waals surface area (Å²) < 4.78 is 33.2. The van der Waals surface area contributed by atoms with Crippen LogP contribution in [0.15, 0.2) is 36.5 Å². The van der Waals surface area contributed by atoms with Gasteiger partial charge in [-0.05, 0) is 51.4 Å². The minimum atomic E-state index is -4.39. The van der Waals surface area contributed by atoms with E-state index in [4.69, 9.17) is 24.3 Å². The minimum absolute atomic E-state index is 0.0553. The van der Waals surface area contributed by atoms with E-state index in [0.717, 1.165) is 51.4 Å². The van der Waals surface area contributed by atoms with Gasteiger partial charge >= 0.3 is 19.8 Å². The number of unbranched alkanes of at least 4 members (excludes halogenated alkanes) is 45. The summed E-state index contributed by atoms with van der Waals surface area (Å²) in [5, 5.41) is 0. The van der Waals surface area contributed by atoms with Gasteiger partial charge in [0.1, 0.15) is 6.61 Å². The number of allylic oxidation sites excluding steroid dienone is 6. The topological polar surface area (TPSA) is 134 Å². The summed E-state index contributed by atoms with van der Waals surface area (Å²) in [5.74, 6) is -0.808. The summed E-state index contributed by atoms with van der Waals surface area (Å²) in [6.45, 7) is 3.80. The molecule has 0 aromatic heterocycles. The second-order valence-corrected chi connectivity index (χ2v) is 24.2. The number of rotatable bonds is 64. The van der Waals surface area contributed by atoms with Crippen molar-refractivity contribution in [3.8, 4) is 0 Å². The van der Waals surface area contributed by atoms with Crippen molar-refractivity contribution in [3.63, 3.8) is 0 Å². The molecule has 454 valence electrons. The second-order valence-electron chi connectivity index (χ2n) is 22.7. The van der Waals surface area contributed by atoms with Crippen LogP contribution in [0.25, 0.3) is 0 Å².